The first-order valence-corrected chi connectivity index (χ1v) is 5.83. The zero-order valence-corrected chi connectivity index (χ0v) is 10.6. The fraction of sp³-hybridized carbons (Fsp3) is 0.462. The molecular formula is C13H16ClNO. The standard InChI is InChI=1S/C13H16ClNO/c1-13(2,3)15-8-9-4-5-10(14)6-7-11(9)12(15)16/h4-7,11H,8H2,1-3H3. The summed E-state index contributed by atoms with van der Waals surface area (Å²) in [6, 6.07) is 0. The quantitative estimate of drug-likeness (QED) is 0.635. The summed E-state index contributed by atoms with van der Waals surface area (Å²) >= 11 is 5.91. The van der Waals surface area contributed by atoms with Crippen molar-refractivity contribution in [2.45, 2.75) is 26.3 Å². The first-order valence-electron chi connectivity index (χ1n) is 5.45. The summed E-state index contributed by atoms with van der Waals surface area (Å²) in [5.41, 5.74) is 1.01. The SMILES string of the molecule is CC(C)(C)N1CC2=CC=C(Cl)C=CC2C1=O. The zero-order valence-electron chi connectivity index (χ0n) is 9.83. The zero-order chi connectivity index (χ0) is 11.9. The average molecular weight is 238 g/mol. The highest BCUT2D eigenvalue weighted by molar-refractivity contribution is 6.31. The molecule has 86 valence electrons. The van der Waals surface area contributed by atoms with E-state index in [9.17, 15) is 4.79 Å². The van der Waals surface area contributed by atoms with Gasteiger partial charge >= 0.3 is 0 Å². The minimum Gasteiger partial charge on any atom is -0.333 e. The van der Waals surface area contributed by atoms with Crippen LogP contribution in [0.3, 0.4) is 0 Å². The maximum absolute atomic E-state index is 12.2. The number of nitrogens with zero attached hydrogens (tertiary/aromatic N) is 1. The summed E-state index contributed by atoms with van der Waals surface area (Å²) in [5, 5.41) is 0.678. The van der Waals surface area contributed by atoms with Gasteiger partial charge in [-0.15, -0.1) is 0 Å². The topological polar surface area (TPSA) is 20.3 Å². The van der Waals surface area contributed by atoms with Crippen LogP contribution in [-0.2, 0) is 4.79 Å². The van der Waals surface area contributed by atoms with Crippen molar-refractivity contribution >= 4 is 17.5 Å². The van der Waals surface area contributed by atoms with Gasteiger partial charge in [-0.3, -0.25) is 4.79 Å². The van der Waals surface area contributed by atoms with E-state index in [4.69, 9.17) is 11.6 Å². The van der Waals surface area contributed by atoms with E-state index < -0.39 is 0 Å². The molecule has 0 aromatic rings. The van der Waals surface area contributed by atoms with E-state index >= 15 is 0 Å². The summed E-state index contributed by atoms with van der Waals surface area (Å²) in [5.74, 6) is 0.0569. The third-order valence-corrected chi connectivity index (χ3v) is 3.24. The normalized spacial score (nSPS) is 25.1. The Bertz CT molecular complexity index is 412. The molecule has 1 heterocycles. The molecule has 16 heavy (non-hydrogen) atoms. The highest BCUT2D eigenvalue weighted by atomic mass is 35.5. The summed E-state index contributed by atoms with van der Waals surface area (Å²) in [6.45, 7) is 6.88. The highest BCUT2D eigenvalue weighted by Gasteiger charge is 2.39. The van der Waals surface area contributed by atoms with E-state index in [1.54, 1.807) is 6.08 Å². The van der Waals surface area contributed by atoms with Crippen molar-refractivity contribution < 1.29 is 4.79 Å². The summed E-state index contributed by atoms with van der Waals surface area (Å²) in [7, 11) is 0. The van der Waals surface area contributed by atoms with Crippen molar-refractivity contribution in [1.29, 1.82) is 0 Å². The smallest absolute Gasteiger partial charge is 0.234 e. The minimum absolute atomic E-state index is 0.119. The van der Waals surface area contributed by atoms with Gasteiger partial charge in [-0.25, -0.2) is 0 Å². The largest absolute Gasteiger partial charge is 0.333 e. The van der Waals surface area contributed by atoms with Crippen LogP contribution in [-0.4, -0.2) is 22.9 Å². The van der Waals surface area contributed by atoms with E-state index in [0.29, 0.717) is 11.6 Å². The van der Waals surface area contributed by atoms with E-state index in [0.717, 1.165) is 5.57 Å². The van der Waals surface area contributed by atoms with Crippen molar-refractivity contribution in [3.8, 4) is 0 Å². The van der Waals surface area contributed by atoms with Gasteiger partial charge in [-0.1, -0.05) is 23.8 Å². The predicted octanol–water partition coefficient (Wildman–Crippen LogP) is 2.86. The molecule has 1 aliphatic heterocycles. The maximum Gasteiger partial charge on any atom is 0.234 e. The van der Waals surface area contributed by atoms with Crippen molar-refractivity contribution in [1.82, 2.24) is 4.90 Å². The average Bonchev–Trinajstić information content (AvgIpc) is 2.36. The van der Waals surface area contributed by atoms with Gasteiger partial charge < -0.3 is 4.90 Å². The van der Waals surface area contributed by atoms with Gasteiger partial charge in [-0.05, 0) is 38.5 Å². The van der Waals surface area contributed by atoms with Crippen molar-refractivity contribution in [2.75, 3.05) is 6.54 Å². The Morgan fingerprint density at radius 2 is 2.06 bits per heavy atom. The lowest BCUT2D eigenvalue weighted by Crippen LogP contribution is -2.42. The number of hydrogen-bond donors (Lipinski definition) is 0. The molecule has 0 spiro atoms. The Morgan fingerprint density at radius 1 is 1.38 bits per heavy atom. The van der Waals surface area contributed by atoms with Gasteiger partial charge in [0.1, 0.15) is 0 Å². The number of amides is 1. The van der Waals surface area contributed by atoms with Gasteiger partial charge in [-0.2, -0.15) is 0 Å². The van der Waals surface area contributed by atoms with Gasteiger partial charge in [0.05, 0.1) is 5.92 Å². The van der Waals surface area contributed by atoms with Crippen LogP contribution in [0.5, 0.6) is 0 Å². The van der Waals surface area contributed by atoms with Gasteiger partial charge in [0.2, 0.25) is 5.91 Å². The fourth-order valence-electron chi connectivity index (χ4n) is 2.05. The monoisotopic (exact) mass is 237 g/mol. The molecule has 0 radical (unpaired) electrons. The molecule has 0 saturated carbocycles. The molecule has 2 aliphatic rings. The van der Waals surface area contributed by atoms with Crippen molar-refractivity contribution in [3.05, 3.63) is 34.9 Å². The number of hydrogen-bond acceptors (Lipinski definition) is 1. The Morgan fingerprint density at radius 3 is 2.69 bits per heavy atom. The Balaban J connectivity index is 2.33. The molecule has 0 bridgehead atoms. The summed E-state index contributed by atoms with van der Waals surface area (Å²) in [6.07, 6.45) is 7.52. The lowest BCUT2D eigenvalue weighted by atomic mass is 10.0. The third kappa shape index (κ3) is 1.94. The van der Waals surface area contributed by atoms with Crippen LogP contribution in [0.1, 0.15) is 20.8 Å². The van der Waals surface area contributed by atoms with E-state index in [1.165, 1.54) is 0 Å². The number of halogens is 1. The number of carbonyl (C=O) groups is 1. The van der Waals surface area contributed by atoms with Crippen LogP contribution in [0, 0.1) is 5.92 Å². The third-order valence-electron chi connectivity index (χ3n) is 2.99. The molecule has 1 saturated heterocycles. The first kappa shape index (κ1) is 11.5. The molecule has 0 N–H and O–H groups in total. The van der Waals surface area contributed by atoms with Crippen LogP contribution in [0.25, 0.3) is 0 Å². The molecule has 1 atom stereocenters. The summed E-state index contributed by atoms with van der Waals surface area (Å²) in [4.78, 5) is 14.1. The minimum atomic E-state index is -0.120. The predicted molar refractivity (Wildman–Crippen MR) is 66.1 cm³/mol. The molecule has 1 amide bonds. The van der Waals surface area contributed by atoms with Gasteiger partial charge in [0.25, 0.3) is 0 Å². The van der Waals surface area contributed by atoms with Crippen LogP contribution in [0.2, 0.25) is 0 Å². The molecular weight excluding hydrogens is 222 g/mol. The van der Waals surface area contributed by atoms with Gasteiger partial charge in [0.15, 0.2) is 0 Å². The van der Waals surface area contributed by atoms with Crippen molar-refractivity contribution in [2.24, 2.45) is 5.92 Å². The summed E-state index contributed by atoms with van der Waals surface area (Å²) < 4.78 is 0. The van der Waals surface area contributed by atoms with Crippen LogP contribution >= 0.6 is 11.6 Å². The molecule has 1 unspecified atom stereocenters. The highest BCUT2D eigenvalue weighted by Crippen LogP contribution is 2.32. The number of allylic oxidation sites excluding steroid dienone is 4. The fourth-order valence-corrected chi connectivity index (χ4v) is 2.18. The van der Waals surface area contributed by atoms with E-state index in [1.807, 2.05) is 23.1 Å². The molecule has 2 nitrogen and oxygen atoms in total. The van der Waals surface area contributed by atoms with Crippen LogP contribution < -0.4 is 0 Å². The van der Waals surface area contributed by atoms with Crippen LogP contribution in [0.15, 0.2) is 34.9 Å². The molecule has 1 aliphatic carbocycles. The number of fused-ring (bicyclic) bond motifs is 1. The molecule has 0 aromatic carbocycles. The second-order valence-corrected chi connectivity index (χ2v) is 5.66. The molecule has 1 fully saturated rings. The maximum atomic E-state index is 12.2. The first-order chi connectivity index (χ1) is 7.39. The van der Waals surface area contributed by atoms with E-state index in [2.05, 4.69) is 20.8 Å². The van der Waals surface area contributed by atoms with Crippen molar-refractivity contribution in [3.63, 3.8) is 0 Å². The lowest BCUT2D eigenvalue weighted by Gasteiger charge is -2.31. The number of likely N-dealkylation sites (tertiary alicyclic amines) is 1. The number of carbonyl (C=O) groups excluding carboxylic acids is 1. The second kappa shape index (κ2) is 3.77. The molecule has 2 rings (SSSR count). The Labute approximate surface area is 101 Å². The van der Waals surface area contributed by atoms with Gasteiger partial charge in [0, 0.05) is 17.1 Å². The van der Waals surface area contributed by atoms with Crippen LogP contribution in [0.4, 0.5) is 0 Å². The Kier molecular flexibility index (Phi) is 2.70. The second-order valence-electron chi connectivity index (χ2n) is 5.23. The lowest BCUT2D eigenvalue weighted by molar-refractivity contribution is -0.133. The Hall–Kier alpha value is -1.02. The number of rotatable bonds is 0. The molecule has 0 aromatic heterocycles. The molecule has 3 heteroatoms. The van der Waals surface area contributed by atoms with E-state index in [-0.39, 0.29) is 17.4 Å².